The highest BCUT2D eigenvalue weighted by Crippen LogP contribution is 2.16. The Morgan fingerprint density at radius 2 is 2.00 bits per heavy atom. The lowest BCUT2D eigenvalue weighted by atomic mass is 10.3. The van der Waals surface area contributed by atoms with Crippen molar-refractivity contribution < 1.29 is 4.74 Å². The maximum atomic E-state index is 5.82. The van der Waals surface area contributed by atoms with Gasteiger partial charge < -0.3 is 15.8 Å². The molecule has 100 valence electrons. The zero-order chi connectivity index (χ0) is 13.0. The van der Waals surface area contributed by atoms with Gasteiger partial charge in [0.15, 0.2) is 0 Å². The monoisotopic (exact) mass is 251 g/mol. The van der Waals surface area contributed by atoms with Crippen molar-refractivity contribution in [2.45, 2.75) is 13.8 Å². The van der Waals surface area contributed by atoms with Crippen LogP contribution in [-0.2, 0) is 4.74 Å². The van der Waals surface area contributed by atoms with Crippen molar-refractivity contribution in [3.63, 3.8) is 0 Å². The highest BCUT2D eigenvalue weighted by molar-refractivity contribution is 5.54. The summed E-state index contributed by atoms with van der Waals surface area (Å²) < 4.78 is 5.32. The van der Waals surface area contributed by atoms with Gasteiger partial charge in [0.1, 0.15) is 17.5 Å². The Hall–Kier alpha value is -1.40. The molecule has 1 fully saturated rings. The van der Waals surface area contributed by atoms with Crippen LogP contribution in [0.25, 0.3) is 0 Å². The van der Waals surface area contributed by atoms with Crippen LogP contribution in [0.3, 0.4) is 0 Å². The van der Waals surface area contributed by atoms with E-state index >= 15 is 0 Å². The van der Waals surface area contributed by atoms with Crippen molar-refractivity contribution >= 4 is 11.6 Å². The first-order valence-electron chi connectivity index (χ1n) is 6.31. The summed E-state index contributed by atoms with van der Waals surface area (Å²) in [5.74, 6) is 2.09. The standard InChI is InChI=1S/C12H21N5O/c1-9-11(13)15-10(2)16-12(9)14-3-4-17-5-7-18-8-6-17/h3-8H2,1-2H3,(H3,13,14,15,16). The average molecular weight is 251 g/mol. The fourth-order valence-electron chi connectivity index (χ4n) is 1.98. The molecule has 0 aliphatic carbocycles. The summed E-state index contributed by atoms with van der Waals surface area (Å²) in [5, 5.41) is 3.33. The lowest BCUT2D eigenvalue weighted by molar-refractivity contribution is 0.0398. The van der Waals surface area contributed by atoms with Crippen molar-refractivity contribution in [1.82, 2.24) is 14.9 Å². The number of rotatable bonds is 4. The second-order valence-electron chi connectivity index (χ2n) is 4.51. The molecule has 2 heterocycles. The second kappa shape index (κ2) is 5.97. The van der Waals surface area contributed by atoms with E-state index < -0.39 is 0 Å². The summed E-state index contributed by atoms with van der Waals surface area (Å²) >= 11 is 0. The first-order valence-corrected chi connectivity index (χ1v) is 6.31. The van der Waals surface area contributed by atoms with E-state index in [1.54, 1.807) is 0 Å². The van der Waals surface area contributed by atoms with Crippen molar-refractivity contribution in [2.75, 3.05) is 50.4 Å². The molecule has 1 aromatic rings. The van der Waals surface area contributed by atoms with E-state index in [4.69, 9.17) is 10.5 Å². The zero-order valence-corrected chi connectivity index (χ0v) is 11.1. The van der Waals surface area contributed by atoms with Crippen LogP contribution >= 0.6 is 0 Å². The van der Waals surface area contributed by atoms with E-state index in [1.165, 1.54) is 0 Å². The third kappa shape index (κ3) is 3.30. The van der Waals surface area contributed by atoms with Crippen molar-refractivity contribution in [1.29, 1.82) is 0 Å². The van der Waals surface area contributed by atoms with E-state index in [2.05, 4.69) is 20.2 Å². The van der Waals surface area contributed by atoms with Gasteiger partial charge in [0.2, 0.25) is 0 Å². The van der Waals surface area contributed by atoms with E-state index in [-0.39, 0.29) is 0 Å². The topological polar surface area (TPSA) is 76.3 Å². The normalized spacial score (nSPS) is 16.8. The molecule has 0 atom stereocenters. The lowest BCUT2D eigenvalue weighted by Crippen LogP contribution is -2.39. The third-order valence-electron chi connectivity index (χ3n) is 3.12. The maximum absolute atomic E-state index is 5.82. The number of nitrogen functional groups attached to an aromatic ring is 1. The van der Waals surface area contributed by atoms with Crippen LogP contribution in [0.4, 0.5) is 11.6 Å². The molecule has 0 unspecified atom stereocenters. The van der Waals surface area contributed by atoms with Crippen molar-refractivity contribution in [2.24, 2.45) is 0 Å². The smallest absolute Gasteiger partial charge is 0.134 e. The molecule has 0 radical (unpaired) electrons. The van der Waals surface area contributed by atoms with Crippen LogP contribution < -0.4 is 11.1 Å². The van der Waals surface area contributed by atoms with Crippen LogP contribution in [0.2, 0.25) is 0 Å². The fraction of sp³-hybridized carbons (Fsp3) is 0.667. The summed E-state index contributed by atoms with van der Waals surface area (Å²) in [4.78, 5) is 10.9. The Labute approximate surface area is 108 Å². The van der Waals surface area contributed by atoms with Gasteiger partial charge in [-0.2, -0.15) is 0 Å². The molecule has 0 bridgehead atoms. The van der Waals surface area contributed by atoms with E-state index in [0.717, 1.165) is 50.8 Å². The summed E-state index contributed by atoms with van der Waals surface area (Å²) in [7, 11) is 0. The first kappa shape index (κ1) is 13.0. The van der Waals surface area contributed by atoms with Gasteiger partial charge in [0, 0.05) is 31.7 Å². The zero-order valence-electron chi connectivity index (χ0n) is 11.1. The van der Waals surface area contributed by atoms with Gasteiger partial charge in [0.25, 0.3) is 0 Å². The van der Waals surface area contributed by atoms with Gasteiger partial charge >= 0.3 is 0 Å². The summed E-state index contributed by atoms with van der Waals surface area (Å²) in [5.41, 5.74) is 6.74. The molecule has 0 spiro atoms. The highest BCUT2D eigenvalue weighted by atomic mass is 16.5. The third-order valence-corrected chi connectivity index (χ3v) is 3.12. The number of aromatic nitrogens is 2. The molecule has 1 saturated heterocycles. The number of aryl methyl sites for hydroxylation is 1. The Morgan fingerprint density at radius 1 is 1.28 bits per heavy atom. The number of nitrogens with two attached hydrogens (primary N) is 1. The Bertz CT molecular complexity index is 404. The molecular weight excluding hydrogens is 230 g/mol. The molecule has 18 heavy (non-hydrogen) atoms. The van der Waals surface area contributed by atoms with Crippen LogP contribution in [0.1, 0.15) is 11.4 Å². The van der Waals surface area contributed by atoms with Gasteiger partial charge in [0.05, 0.1) is 13.2 Å². The van der Waals surface area contributed by atoms with Crippen LogP contribution in [0.15, 0.2) is 0 Å². The largest absolute Gasteiger partial charge is 0.383 e. The SMILES string of the molecule is Cc1nc(N)c(C)c(NCCN2CCOCC2)n1. The van der Waals surface area contributed by atoms with Gasteiger partial charge in [-0.25, -0.2) is 9.97 Å². The average Bonchev–Trinajstić information content (AvgIpc) is 2.36. The number of morpholine rings is 1. The number of anilines is 2. The van der Waals surface area contributed by atoms with E-state index in [1.807, 2.05) is 13.8 Å². The minimum absolute atomic E-state index is 0.552. The van der Waals surface area contributed by atoms with E-state index in [0.29, 0.717) is 11.6 Å². The van der Waals surface area contributed by atoms with Crippen LogP contribution in [-0.4, -0.2) is 54.3 Å². The fourth-order valence-corrected chi connectivity index (χ4v) is 1.98. The predicted octanol–water partition coefficient (Wildman–Crippen LogP) is 0.420. The second-order valence-corrected chi connectivity index (χ2v) is 4.51. The molecule has 2 rings (SSSR count). The lowest BCUT2D eigenvalue weighted by Gasteiger charge is -2.26. The van der Waals surface area contributed by atoms with Gasteiger partial charge in [-0.1, -0.05) is 0 Å². The quantitative estimate of drug-likeness (QED) is 0.807. The molecule has 0 amide bonds. The Morgan fingerprint density at radius 3 is 2.72 bits per heavy atom. The summed E-state index contributed by atoms with van der Waals surface area (Å²) in [6, 6.07) is 0. The van der Waals surface area contributed by atoms with Crippen LogP contribution in [0.5, 0.6) is 0 Å². The molecule has 6 heteroatoms. The molecule has 1 aliphatic heterocycles. The predicted molar refractivity (Wildman–Crippen MR) is 71.7 cm³/mol. The Kier molecular flexibility index (Phi) is 4.33. The maximum Gasteiger partial charge on any atom is 0.134 e. The Balaban J connectivity index is 1.86. The summed E-state index contributed by atoms with van der Waals surface area (Å²) in [6.07, 6.45) is 0. The minimum Gasteiger partial charge on any atom is -0.383 e. The minimum atomic E-state index is 0.552. The van der Waals surface area contributed by atoms with E-state index in [9.17, 15) is 0 Å². The molecule has 6 nitrogen and oxygen atoms in total. The molecule has 3 N–H and O–H groups in total. The number of nitrogens with one attached hydrogen (secondary N) is 1. The first-order chi connectivity index (χ1) is 8.66. The molecule has 0 saturated carbocycles. The number of nitrogens with zero attached hydrogens (tertiary/aromatic N) is 3. The number of hydrogen-bond donors (Lipinski definition) is 2. The van der Waals surface area contributed by atoms with Crippen molar-refractivity contribution in [3.05, 3.63) is 11.4 Å². The number of hydrogen-bond acceptors (Lipinski definition) is 6. The van der Waals surface area contributed by atoms with Crippen LogP contribution in [0, 0.1) is 13.8 Å². The molecule has 1 aromatic heterocycles. The molecular formula is C12H21N5O. The van der Waals surface area contributed by atoms with Crippen molar-refractivity contribution in [3.8, 4) is 0 Å². The molecule has 1 aliphatic rings. The number of ether oxygens (including phenoxy) is 1. The summed E-state index contributed by atoms with van der Waals surface area (Å²) in [6.45, 7) is 9.31. The van der Waals surface area contributed by atoms with Gasteiger partial charge in [-0.15, -0.1) is 0 Å². The highest BCUT2D eigenvalue weighted by Gasteiger charge is 2.10. The van der Waals surface area contributed by atoms with Gasteiger partial charge in [-0.05, 0) is 13.8 Å². The molecule has 0 aromatic carbocycles. The van der Waals surface area contributed by atoms with Gasteiger partial charge in [-0.3, -0.25) is 4.90 Å².